The van der Waals surface area contributed by atoms with E-state index in [-0.39, 0.29) is 6.54 Å². The van der Waals surface area contributed by atoms with Gasteiger partial charge in [-0.25, -0.2) is 0 Å². The molecule has 4 nitrogen and oxygen atoms in total. The Morgan fingerprint density at radius 2 is 2.20 bits per heavy atom. The molecule has 0 bridgehead atoms. The third-order valence-electron chi connectivity index (χ3n) is 3.00. The number of benzene rings is 1. The lowest BCUT2D eigenvalue weighted by Crippen LogP contribution is -2.29. The quantitative estimate of drug-likeness (QED) is 0.843. The van der Waals surface area contributed by atoms with Gasteiger partial charge in [-0.15, -0.1) is 6.42 Å². The zero-order chi connectivity index (χ0) is 14.5. The molecule has 1 aromatic heterocycles. The van der Waals surface area contributed by atoms with Crippen molar-refractivity contribution in [1.82, 2.24) is 9.88 Å². The van der Waals surface area contributed by atoms with Crippen molar-refractivity contribution in [3.05, 3.63) is 41.6 Å². The number of fused-ring (bicyclic) bond motifs is 1. The highest BCUT2D eigenvalue weighted by molar-refractivity contribution is 5.82. The third-order valence-corrected chi connectivity index (χ3v) is 3.00. The van der Waals surface area contributed by atoms with E-state index in [1.807, 2.05) is 37.3 Å². The molecule has 0 saturated carbocycles. The number of carboxylic acid groups (broad SMARTS) is 1. The number of nitrogens with zero attached hydrogens (tertiary/aromatic N) is 2. The summed E-state index contributed by atoms with van der Waals surface area (Å²) in [6.45, 7) is 2.67. The molecule has 0 radical (unpaired) electrons. The lowest BCUT2D eigenvalue weighted by Gasteiger charge is -2.18. The van der Waals surface area contributed by atoms with Gasteiger partial charge >= 0.3 is 5.97 Å². The van der Waals surface area contributed by atoms with Gasteiger partial charge in [0, 0.05) is 17.6 Å². The first kappa shape index (κ1) is 14.0. The predicted molar refractivity (Wildman–Crippen MR) is 78.2 cm³/mol. The average Bonchev–Trinajstić information content (AvgIpc) is 2.38. The predicted octanol–water partition coefficient (Wildman–Crippen LogP) is 2.06. The zero-order valence-corrected chi connectivity index (χ0v) is 11.3. The van der Waals surface area contributed by atoms with Crippen LogP contribution >= 0.6 is 0 Å². The van der Waals surface area contributed by atoms with E-state index in [1.54, 1.807) is 4.90 Å². The van der Waals surface area contributed by atoms with Crippen LogP contribution in [0.2, 0.25) is 0 Å². The molecule has 0 fully saturated rings. The van der Waals surface area contributed by atoms with Crippen LogP contribution in [0.15, 0.2) is 30.3 Å². The molecule has 0 amide bonds. The summed E-state index contributed by atoms with van der Waals surface area (Å²) in [5.41, 5.74) is 2.87. The maximum Gasteiger partial charge on any atom is 0.317 e. The first-order valence-electron chi connectivity index (χ1n) is 6.33. The Kier molecular flexibility index (Phi) is 4.34. The van der Waals surface area contributed by atoms with Crippen LogP contribution in [0.3, 0.4) is 0 Å². The number of aryl methyl sites for hydroxylation is 1. The van der Waals surface area contributed by atoms with E-state index >= 15 is 0 Å². The Bertz CT molecular complexity index is 674. The van der Waals surface area contributed by atoms with Crippen LogP contribution in [0.25, 0.3) is 10.9 Å². The number of rotatable bonds is 5. The molecule has 1 aromatic carbocycles. The van der Waals surface area contributed by atoms with Gasteiger partial charge in [-0.3, -0.25) is 14.7 Å². The topological polar surface area (TPSA) is 53.4 Å². The van der Waals surface area contributed by atoms with Crippen LogP contribution in [0.5, 0.6) is 0 Å². The summed E-state index contributed by atoms with van der Waals surface area (Å²) in [4.78, 5) is 17.1. The fourth-order valence-corrected chi connectivity index (χ4v) is 2.25. The number of aromatic nitrogens is 1. The average molecular weight is 268 g/mol. The van der Waals surface area contributed by atoms with E-state index < -0.39 is 5.97 Å². The van der Waals surface area contributed by atoms with Crippen molar-refractivity contribution in [2.24, 2.45) is 0 Å². The molecular weight excluding hydrogens is 252 g/mol. The van der Waals surface area contributed by atoms with E-state index in [2.05, 4.69) is 10.9 Å². The second-order valence-electron chi connectivity index (χ2n) is 4.68. The molecule has 0 spiro atoms. The number of hydrogen-bond acceptors (Lipinski definition) is 3. The van der Waals surface area contributed by atoms with E-state index in [0.717, 1.165) is 22.2 Å². The van der Waals surface area contributed by atoms with Crippen molar-refractivity contribution in [2.75, 3.05) is 13.1 Å². The molecular formula is C16H16N2O2. The minimum absolute atomic E-state index is 0.0695. The van der Waals surface area contributed by atoms with E-state index in [0.29, 0.717) is 13.1 Å². The van der Waals surface area contributed by atoms with Gasteiger partial charge < -0.3 is 5.11 Å². The molecule has 0 saturated heterocycles. The molecule has 0 atom stereocenters. The zero-order valence-electron chi connectivity index (χ0n) is 11.3. The van der Waals surface area contributed by atoms with Gasteiger partial charge in [0.1, 0.15) is 0 Å². The summed E-state index contributed by atoms with van der Waals surface area (Å²) in [5.74, 6) is 1.62. The number of carboxylic acids is 1. The molecule has 0 aliphatic carbocycles. The third kappa shape index (κ3) is 3.34. The summed E-state index contributed by atoms with van der Waals surface area (Å²) in [7, 11) is 0. The van der Waals surface area contributed by atoms with Gasteiger partial charge in [0.05, 0.1) is 18.6 Å². The minimum atomic E-state index is -0.879. The normalized spacial score (nSPS) is 10.7. The maximum absolute atomic E-state index is 10.9. The number of aliphatic carboxylic acids is 1. The van der Waals surface area contributed by atoms with Gasteiger partial charge in [-0.05, 0) is 24.6 Å². The van der Waals surface area contributed by atoms with E-state index in [9.17, 15) is 4.79 Å². The minimum Gasteiger partial charge on any atom is -0.480 e. The smallest absolute Gasteiger partial charge is 0.317 e. The lowest BCUT2D eigenvalue weighted by molar-refractivity contribution is -0.138. The molecule has 2 aromatic rings. The fraction of sp³-hybridized carbons (Fsp3) is 0.250. The number of pyridine rings is 1. The molecule has 1 N–H and O–H groups in total. The van der Waals surface area contributed by atoms with Crippen molar-refractivity contribution in [1.29, 1.82) is 0 Å². The SMILES string of the molecule is C#CCN(CC(=O)O)Cc1cc(C)nc2ccccc12. The molecule has 2 rings (SSSR count). The number of hydrogen-bond donors (Lipinski definition) is 1. The van der Waals surface area contributed by atoms with Crippen molar-refractivity contribution < 1.29 is 9.90 Å². The first-order chi connectivity index (χ1) is 9.60. The number of carbonyl (C=O) groups is 1. The number of terminal acetylenes is 1. The molecule has 20 heavy (non-hydrogen) atoms. The standard InChI is InChI=1S/C16H16N2O2/c1-3-8-18(11-16(19)20)10-13-9-12(2)17-15-7-5-4-6-14(13)15/h1,4-7,9H,8,10-11H2,2H3,(H,19,20). The molecule has 0 aliphatic rings. The fourth-order valence-electron chi connectivity index (χ4n) is 2.25. The Balaban J connectivity index is 2.36. The number of para-hydroxylation sites is 1. The second kappa shape index (κ2) is 6.18. The summed E-state index contributed by atoms with van der Waals surface area (Å²) >= 11 is 0. The Hall–Kier alpha value is -2.38. The van der Waals surface area contributed by atoms with Crippen LogP contribution in [-0.2, 0) is 11.3 Å². The van der Waals surface area contributed by atoms with Crippen LogP contribution < -0.4 is 0 Å². The van der Waals surface area contributed by atoms with Gasteiger partial charge in [0.15, 0.2) is 0 Å². The van der Waals surface area contributed by atoms with Crippen molar-refractivity contribution in [3.8, 4) is 12.3 Å². The Morgan fingerprint density at radius 3 is 2.90 bits per heavy atom. The maximum atomic E-state index is 10.9. The Morgan fingerprint density at radius 1 is 1.45 bits per heavy atom. The van der Waals surface area contributed by atoms with E-state index in [1.165, 1.54) is 0 Å². The highest BCUT2D eigenvalue weighted by atomic mass is 16.4. The van der Waals surface area contributed by atoms with Gasteiger partial charge in [-0.1, -0.05) is 24.1 Å². The molecule has 1 heterocycles. The molecule has 4 heteroatoms. The summed E-state index contributed by atoms with van der Waals surface area (Å²) in [6, 6.07) is 9.81. The van der Waals surface area contributed by atoms with Crippen LogP contribution in [0.4, 0.5) is 0 Å². The first-order valence-corrected chi connectivity index (χ1v) is 6.33. The largest absolute Gasteiger partial charge is 0.480 e. The van der Waals surface area contributed by atoms with Crippen molar-refractivity contribution >= 4 is 16.9 Å². The lowest BCUT2D eigenvalue weighted by atomic mass is 10.1. The highest BCUT2D eigenvalue weighted by Gasteiger charge is 2.12. The monoisotopic (exact) mass is 268 g/mol. The summed E-state index contributed by atoms with van der Waals surface area (Å²) < 4.78 is 0. The van der Waals surface area contributed by atoms with Gasteiger partial charge in [0.2, 0.25) is 0 Å². The molecule has 102 valence electrons. The van der Waals surface area contributed by atoms with Crippen LogP contribution in [0, 0.1) is 19.3 Å². The molecule has 0 aliphatic heterocycles. The van der Waals surface area contributed by atoms with Gasteiger partial charge in [0.25, 0.3) is 0 Å². The van der Waals surface area contributed by atoms with Crippen LogP contribution in [0.1, 0.15) is 11.3 Å². The molecule has 0 unspecified atom stereocenters. The van der Waals surface area contributed by atoms with Crippen molar-refractivity contribution in [3.63, 3.8) is 0 Å². The second-order valence-corrected chi connectivity index (χ2v) is 4.68. The Labute approximate surface area is 118 Å². The summed E-state index contributed by atoms with van der Waals surface area (Å²) in [6.07, 6.45) is 5.30. The highest BCUT2D eigenvalue weighted by Crippen LogP contribution is 2.19. The van der Waals surface area contributed by atoms with Crippen molar-refractivity contribution in [2.45, 2.75) is 13.5 Å². The summed E-state index contributed by atoms with van der Waals surface area (Å²) in [5, 5.41) is 9.97. The van der Waals surface area contributed by atoms with Gasteiger partial charge in [-0.2, -0.15) is 0 Å². The van der Waals surface area contributed by atoms with E-state index in [4.69, 9.17) is 11.5 Å². The van der Waals surface area contributed by atoms with Crippen LogP contribution in [-0.4, -0.2) is 34.0 Å².